The molecule has 0 atom stereocenters. The summed E-state index contributed by atoms with van der Waals surface area (Å²) < 4.78 is 25.3. The average molecular weight is 249 g/mol. The molecule has 0 bridgehead atoms. The zero-order valence-corrected chi connectivity index (χ0v) is 11.1. The van der Waals surface area contributed by atoms with Crippen LogP contribution in [0, 0.1) is 5.41 Å². The van der Waals surface area contributed by atoms with Crippen LogP contribution in [0.4, 0.5) is 0 Å². The highest BCUT2D eigenvalue weighted by atomic mass is 32.2. The number of sulfonamides is 1. The van der Waals surface area contributed by atoms with E-state index in [-0.39, 0.29) is 12.4 Å². The highest BCUT2D eigenvalue weighted by Crippen LogP contribution is 2.34. The Balaban J connectivity index is 2.53. The fourth-order valence-electron chi connectivity index (χ4n) is 2.03. The Bertz CT molecular complexity index is 305. The molecule has 0 amide bonds. The second-order valence-electron chi connectivity index (χ2n) is 4.96. The Kier molecular flexibility index (Phi) is 4.76. The van der Waals surface area contributed by atoms with Crippen LogP contribution in [0.15, 0.2) is 0 Å². The van der Waals surface area contributed by atoms with Gasteiger partial charge in [-0.2, -0.15) is 0 Å². The predicted octanol–water partition coefficient (Wildman–Crippen LogP) is 1.21. The number of aliphatic hydroxyl groups is 1. The number of nitrogens with zero attached hydrogens (tertiary/aromatic N) is 1. The summed E-state index contributed by atoms with van der Waals surface area (Å²) in [4.78, 5) is 0. The summed E-state index contributed by atoms with van der Waals surface area (Å²) in [5.41, 5.74) is 0.309. The second-order valence-corrected chi connectivity index (χ2v) is 7.04. The Hall–Kier alpha value is -0.130. The normalized spacial score (nSPS) is 22.2. The SMILES string of the molecule is CCC1(C)CCN(S(=O)(=O)CCCO)CC1. The summed E-state index contributed by atoms with van der Waals surface area (Å²) in [6.07, 6.45) is 3.34. The summed E-state index contributed by atoms with van der Waals surface area (Å²) in [6, 6.07) is 0. The summed E-state index contributed by atoms with van der Waals surface area (Å²) in [5.74, 6) is 0.0757. The molecular formula is C11H23NO3S. The summed E-state index contributed by atoms with van der Waals surface area (Å²) >= 11 is 0. The quantitative estimate of drug-likeness (QED) is 0.797. The molecule has 0 aromatic rings. The molecule has 1 rings (SSSR count). The van der Waals surface area contributed by atoms with Gasteiger partial charge in [-0.25, -0.2) is 12.7 Å². The third-order valence-corrected chi connectivity index (χ3v) is 5.69. The first kappa shape index (κ1) is 13.9. The summed E-state index contributed by atoms with van der Waals surface area (Å²) in [6.45, 7) is 5.61. The van der Waals surface area contributed by atoms with E-state index in [1.165, 1.54) is 0 Å². The average Bonchev–Trinajstić information content (AvgIpc) is 2.27. The Morgan fingerprint density at radius 2 is 1.88 bits per heavy atom. The zero-order chi connectivity index (χ0) is 12.2. The smallest absolute Gasteiger partial charge is 0.214 e. The highest BCUT2D eigenvalue weighted by molar-refractivity contribution is 7.89. The van der Waals surface area contributed by atoms with Crippen molar-refractivity contribution in [2.45, 2.75) is 39.5 Å². The fraction of sp³-hybridized carbons (Fsp3) is 1.00. The van der Waals surface area contributed by atoms with E-state index in [2.05, 4.69) is 13.8 Å². The van der Waals surface area contributed by atoms with Crippen molar-refractivity contribution in [1.29, 1.82) is 0 Å². The van der Waals surface area contributed by atoms with E-state index < -0.39 is 10.0 Å². The van der Waals surface area contributed by atoms with Gasteiger partial charge in [-0.1, -0.05) is 20.3 Å². The molecule has 0 saturated carbocycles. The van der Waals surface area contributed by atoms with Gasteiger partial charge in [-0.05, 0) is 24.7 Å². The summed E-state index contributed by atoms with van der Waals surface area (Å²) in [7, 11) is -3.13. The third kappa shape index (κ3) is 3.43. The minimum atomic E-state index is -3.13. The molecule has 5 heteroatoms. The van der Waals surface area contributed by atoms with Crippen LogP contribution in [0.25, 0.3) is 0 Å². The molecule has 0 aromatic heterocycles. The first-order valence-electron chi connectivity index (χ1n) is 6.02. The standard InChI is InChI=1S/C11H23NO3S/c1-3-11(2)5-7-12(8-6-11)16(14,15)10-4-9-13/h13H,3-10H2,1-2H3. The fourth-order valence-corrected chi connectivity index (χ4v) is 3.52. The van der Waals surface area contributed by atoms with Crippen LogP contribution < -0.4 is 0 Å². The predicted molar refractivity (Wildman–Crippen MR) is 64.7 cm³/mol. The van der Waals surface area contributed by atoms with Gasteiger partial charge in [0.05, 0.1) is 5.75 Å². The van der Waals surface area contributed by atoms with Crippen LogP contribution in [-0.4, -0.2) is 43.3 Å². The molecular weight excluding hydrogens is 226 g/mol. The molecule has 4 nitrogen and oxygen atoms in total. The van der Waals surface area contributed by atoms with Crippen molar-refractivity contribution >= 4 is 10.0 Å². The molecule has 16 heavy (non-hydrogen) atoms. The van der Waals surface area contributed by atoms with Crippen molar-refractivity contribution in [1.82, 2.24) is 4.31 Å². The molecule has 0 spiro atoms. The van der Waals surface area contributed by atoms with Crippen molar-refractivity contribution < 1.29 is 13.5 Å². The van der Waals surface area contributed by atoms with E-state index in [0.29, 0.717) is 24.9 Å². The Morgan fingerprint density at radius 3 is 2.31 bits per heavy atom. The Morgan fingerprint density at radius 1 is 1.31 bits per heavy atom. The molecule has 1 fully saturated rings. The van der Waals surface area contributed by atoms with E-state index in [9.17, 15) is 8.42 Å². The van der Waals surface area contributed by atoms with Crippen LogP contribution >= 0.6 is 0 Å². The molecule has 1 N–H and O–H groups in total. The molecule has 96 valence electrons. The largest absolute Gasteiger partial charge is 0.396 e. The van der Waals surface area contributed by atoms with E-state index in [1.54, 1.807) is 4.31 Å². The van der Waals surface area contributed by atoms with E-state index >= 15 is 0 Å². The number of aliphatic hydroxyl groups excluding tert-OH is 1. The van der Waals surface area contributed by atoms with Gasteiger partial charge in [0.1, 0.15) is 0 Å². The third-order valence-electron chi connectivity index (χ3n) is 3.74. The lowest BCUT2D eigenvalue weighted by molar-refractivity contribution is 0.168. The maximum Gasteiger partial charge on any atom is 0.214 e. The lowest BCUT2D eigenvalue weighted by atomic mass is 9.79. The van der Waals surface area contributed by atoms with Crippen LogP contribution in [0.1, 0.15) is 39.5 Å². The van der Waals surface area contributed by atoms with Crippen LogP contribution in [0.5, 0.6) is 0 Å². The Labute approximate surface area is 98.7 Å². The van der Waals surface area contributed by atoms with Gasteiger partial charge >= 0.3 is 0 Å². The number of rotatable bonds is 5. The van der Waals surface area contributed by atoms with Crippen molar-refractivity contribution in [3.05, 3.63) is 0 Å². The number of hydrogen-bond donors (Lipinski definition) is 1. The summed E-state index contributed by atoms with van der Waals surface area (Å²) in [5, 5.41) is 8.67. The first-order chi connectivity index (χ1) is 7.43. The van der Waals surface area contributed by atoms with E-state index in [1.807, 2.05) is 0 Å². The zero-order valence-electron chi connectivity index (χ0n) is 10.3. The molecule has 1 heterocycles. The van der Waals surface area contributed by atoms with Gasteiger partial charge in [0.15, 0.2) is 0 Å². The van der Waals surface area contributed by atoms with Gasteiger partial charge in [-0.15, -0.1) is 0 Å². The van der Waals surface area contributed by atoms with Crippen molar-refractivity contribution in [2.75, 3.05) is 25.4 Å². The maximum atomic E-state index is 11.9. The lowest BCUT2D eigenvalue weighted by Crippen LogP contribution is -2.42. The van der Waals surface area contributed by atoms with Crippen molar-refractivity contribution in [3.8, 4) is 0 Å². The van der Waals surface area contributed by atoms with Gasteiger partial charge < -0.3 is 5.11 Å². The maximum absolute atomic E-state index is 11.9. The van der Waals surface area contributed by atoms with Crippen molar-refractivity contribution in [3.63, 3.8) is 0 Å². The van der Waals surface area contributed by atoms with Crippen LogP contribution in [-0.2, 0) is 10.0 Å². The molecule has 0 unspecified atom stereocenters. The van der Waals surface area contributed by atoms with Gasteiger partial charge in [0, 0.05) is 19.7 Å². The van der Waals surface area contributed by atoms with Gasteiger partial charge in [0.25, 0.3) is 0 Å². The van der Waals surface area contributed by atoms with Crippen LogP contribution in [0.3, 0.4) is 0 Å². The monoisotopic (exact) mass is 249 g/mol. The van der Waals surface area contributed by atoms with Gasteiger partial charge in [-0.3, -0.25) is 0 Å². The number of piperidine rings is 1. The molecule has 0 aliphatic carbocycles. The second kappa shape index (κ2) is 5.47. The number of hydrogen-bond acceptors (Lipinski definition) is 3. The minimum absolute atomic E-state index is 0.0558. The molecule has 0 radical (unpaired) electrons. The van der Waals surface area contributed by atoms with Crippen LogP contribution in [0.2, 0.25) is 0 Å². The molecule has 1 saturated heterocycles. The molecule has 1 aliphatic heterocycles. The topological polar surface area (TPSA) is 57.6 Å². The lowest BCUT2D eigenvalue weighted by Gasteiger charge is -2.38. The van der Waals surface area contributed by atoms with E-state index in [4.69, 9.17) is 5.11 Å². The molecule has 0 aromatic carbocycles. The highest BCUT2D eigenvalue weighted by Gasteiger charge is 2.33. The van der Waals surface area contributed by atoms with Crippen molar-refractivity contribution in [2.24, 2.45) is 5.41 Å². The minimum Gasteiger partial charge on any atom is -0.396 e. The first-order valence-corrected chi connectivity index (χ1v) is 7.63. The molecule has 1 aliphatic rings. The van der Waals surface area contributed by atoms with Gasteiger partial charge in [0.2, 0.25) is 10.0 Å². The van der Waals surface area contributed by atoms with E-state index in [0.717, 1.165) is 19.3 Å².